The van der Waals surface area contributed by atoms with Gasteiger partial charge in [0.15, 0.2) is 9.84 Å². The number of nitrogens with one attached hydrogen (secondary N) is 1. The van der Waals surface area contributed by atoms with Crippen molar-refractivity contribution < 1.29 is 17.5 Å². The van der Waals surface area contributed by atoms with Crippen LogP contribution >= 0.6 is 0 Å². The summed E-state index contributed by atoms with van der Waals surface area (Å²) in [5.74, 6) is -0.0900. The van der Waals surface area contributed by atoms with Crippen LogP contribution in [0.15, 0.2) is 23.1 Å². The van der Waals surface area contributed by atoms with E-state index in [-0.39, 0.29) is 10.9 Å². The largest absolute Gasteiger partial charge is 0.378 e. The van der Waals surface area contributed by atoms with Crippen molar-refractivity contribution in [1.82, 2.24) is 5.32 Å². The van der Waals surface area contributed by atoms with E-state index in [2.05, 4.69) is 5.32 Å². The number of hydrogen-bond acceptors (Lipinski definition) is 4. The van der Waals surface area contributed by atoms with Crippen LogP contribution in [-0.2, 0) is 14.6 Å². The smallest absolute Gasteiger partial charge is 0.178 e. The minimum Gasteiger partial charge on any atom is -0.378 e. The molecule has 0 radical (unpaired) electrons. The molecule has 0 heterocycles. The molecule has 124 valence electrons. The third-order valence-corrected chi connectivity index (χ3v) is 5.29. The van der Waals surface area contributed by atoms with E-state index in [1.165, 1.54) is 12.1 Å². The molecule has 4 nitrogen and oxygen atoms in total. The maximum atomic E-state index is 13.9. The minimum absolute atomic E-state index is 0.0192. The van der Waals surface area contributed by atoms with Crippen molar-refractivity contribution >= 4 is 9.84 Å². The third-order valence-electron chi connectivity index (χ3n) is 4.16. The standard InChI is InChI=1S/C16H24FNO3S/c1-4-21-14-7-12(8-14)10-18-11(2)13-5-6-16(15(17)9-13)22(3,19)20/h5-6,9,11-12,14,18H,4,7-8,10H2,1-3H3/t11-,12?,14?/m0/s1. The number of ether oxygens (including phenoxy) is 1. The molecule has 22 heavy (non-hydrogen) atoms. The van der Waals surface area contributed by atoms with Gasteiger partial charge in [0.2, 0.25) is 0 Å². The highest BCUT2D eigenvalue weighted by atomic mass is 32.2. The van der Waals surface area contributed by atoms with Gasteiger partial charge in [-0.05, 0) is 56.8 Å². The normalized spacial score (nSPS) is 23.1. The van der Waals surface area contributed by atoms with E-state index >= 15 is 0 Å². The molecule has 1 aromatic carbocycles. The van der Waals surface area contributed by atoms with E-state index in [1.54, 1.807) is 6.07 Å². The Morgan fingerprint density at radius 3 is 2.64 bits per heavy atom. The number of halogens is 1. The molecule has 1 atom stereocenters. The first-order chi connectivity index (χ1) is 10.3. The van der Waals surface area contributed by atoms with E-state index in [0.29, 0.717) is 12.0 Å². The predicted molar refractivity (Wildman–Crippen MR) is 84.1 cm³/mol. The molecule has 0 amide bonds. The third kappa shape index (κ3) is 4.27. The first-order valence-electron chi connectivity index (χ1n) is 7.65. The lowest BCUT2D eigenvalue weighted by Crippen LogP contribution is -2.38. The summed E-state index contributed by atoms with van der Waals surface area (Å²) in [5.41, 5.74) is 0.755. The number of benzene rings is 1. The van der Waals surface area contributed by atoms with Crippen LogP contribution in [0.4, 0.5) is 4.39 Å². The summed E-state index contributed by atoms with van der Waals surface area (Å²) in [6.45, 7) is 5.57. The van der Waals surface area contributed by atoms with Crippen molar-refractivity contribution in [2.45, 2.75) is 43.7 Å². The molecule has 0 aliphatic heterocycles. The van der Waals surface area contributed by atoms with Crippen molar-refractivity contribution in [2.75, 3.05) is 19.4 Å². The summed E-state index contributed by atoms with van der Waals surface area (Å²) >= 11 is 0. The Labute approximate surface area is 132 Å². The van der Waals surface area contributed by atoms with Gasteiger partial charge in [-0.1, -0.05) is 6.07 Å². The fourth-order valence-corrected chi connectivity index (χ4v) is 3.49. The number of hydrogen-bond donors (Lipinski definition) is 1. The maximum absolute atomic E-state index is 13.9. The first-order valence-corrected chi connectivity index (χ1v) is 9.55. The van der Waals surface area contributed by atoms with Crippen molar-refractivity contribution in [1.29, 1.82) is 0 Å². The second-order valence-corrected chi connectivity index (χ2v) is 7.99. The van der Waals surface area contributed by atoms with Crippen molar-refractivity contribution in [3.8, 4) is 0 Å². The molecule has 6 heteroatoms. The van der Waals surface area contributed by atoms with Crippen molar-refractivity contribution in [2.24, 2.45) is 5.92 Å². The zero-order valence-electron chi connectivity index (χ0n) is 13.3. The summed E-state index contributed by atoms with van der Waals surface area (Å²) in [7, 11) is -3.52. The van der Waals surface area contributed by atoms with E-state index < -0.39 is 15.7 Å². The Kier molecular flexibility index (Phi) is 5.58. The lowest BCUT2D eigenvalue weighted by atomic mass is 9.82. The summed E-state index contributed by atoms with van der Waals surface area (Å²) in [6.07, 6.45) is 3.53. The zero-order valence-corrected chi connectivity index (χ0v) is 14.1. The highest BCUT2D eigenvalue weighted by Crippen LogP contribution is 2.30. The molecule has 1 saturated carbocycles. The van der Waals surface area contributed by atoms with Crippen LogP contribution in [0.2, 0.25) is 0 Å². The second-order valence-electron chi connectivity index (χ2n) is 6.01. The Balaban J connectivity index is 1.88. The molecule has 1 aromatic rings. The quantitative estimate of drug-likeness (QED) is 0.836. The fourth-order valence-electron chi connectivity index (χ4n) is 2.76. The highest BCUT2D eigenvalue weighted by Gasteiger charge is 2.29. The van der Waals surface area contributed by atoms with Gasteiger partial charge in [0.25, 0.3) is 0 Å². The highest BCUT2D eigenvalue weighted by molar-refractivity contribution is 7.90. The SMILES string of the molecule is CCOC1CC(CN[C@@H](C)c2ccc(S(C)(=O)=O)c(F)c2)C1. The van der Waals surface area contributed by atoms with E-state index in [4.69, 9.17) is 4.74 Å². The average molecular weight is 329 g/mol. The van der Waals surface area contributed by atoms with Crippen LogP contribution in [0.5, 0.6) is 0 Å². The van der Waals surface area contributed by atoms with Gasteiger partial charge in [-0.2, -0.15) is 0 Å². The zero-order chi connectivity index (χ0) is 16.3. The average Bonchev–Trinajstić information content (AvgIpc) is 2.39. The first kappa shape index (κ1) is 17.4. The second kappa shape index (κ2) is 7.06. The van der Waals surface area contributed by atoms with Crippen LogP contribution in [-0.4, -0.2) is 33.9 Å². The monoisotopic (exact) mass is 329 g/mol. The van der Waals surface area contributed by atoms with Gasteiger partial charge >= 0.3 is 0 Å². The minimum atomic E-state index is -3.52. The molecular formula is C16H24FNO3S. The van der Waals surface area contributed by atoms with Crippen molar-refractivity contribution in [3.63, 3.8) is 0 Å². The molecule has 0 spiro atoms. The fraction of sp³-hybridized carbons (Fsp3) is 0.625. The lowest BCUT2D eigenvalue weighted by molar-refractivity contribution is -0.0243. The Morgan fingerprint density at radius 1 is 1.41 bits per heavy atom. The number of sulfone groups is 1. The molecule has 0 aromatic heterocycles. The maximum Gasteiger partial charge on any atom is 0.178 e. The Hall–Kier alpha value is -0.980. The molecule has 1 aliphatic carbocycles. The summed E-state index contributed by atoms with van der Waals surface area (Å²) in [6, 6.07) is 4.29. The number of rotatable bonds is 7. The molecule has 1 aliphatic rings. The summed E-state index contributed by atoms with van der Waals surface area (Å²) in [4.78, 5) is -0.248. The van der Waals surface area contributed by atoms with E-state index in [1.807, 2.05) is 13.8 Å². The molecule has 0 bridgehead atoms. The Bertz CT molecular complexity index is 612. The molecule has 0 unspecified atom stereocenters. The van der Waals surface area contributed by atoms with Crippen LogP contribution < -0.4 is 5.32 Å². The molecule has 1 N–H and O–H groups in total. The molecule has 0 saturated heterocycles. The molecule has 1 fully saturated rings. The Morgan fingerprint density at radius 2 is 2.09 bits per heavy atom. The molecule has 2 rings (SSSR count). The van der Waals surface area contributed by atoms with Gasteiger partial charge in [-0.3, -0.25) is 0 Å². The topological polar surface area (TPSA) is 55.4 Å². The van der Waals surface area contributed by atoms with Crippen LogP contribution in [0.1, 0.15) is 38.3 Å². The lowest BCUT2D eigenvalue weighted by Gasteiger charge is -2.35. The van der Waals surface area contributed by atoms with Crippen LogP contribution in [0.3, 0.4) is 0 Å². The van der Waals surface area contributed by atoms with Gasteiger partial charge in [0.05, 0.1) is 6.10 Å². The van der Waals surface area contributed by atoms with E-state index in [9.17, 15) is 12.8 Å². The van der Waals surface area contributed by atoms with Gasteiger partial charge in [-0.25, -0.2) is 12.8 Å². The van der Waals surface area contributed by atoms with Crippen LogP contribution in [0.25, 0.3) is 0 Å². The predicted octanol–water partition coefficient (Wildman–Crippen LogP) is 2.69. The summed E-state index contributed by atoms with van der Waals surface area (Å²) in [5, 5.41) is 3.38. The van der Waals surface area contributed by atoms with Crippen LogP contribution in [0, 0.1) is 11.7 Å². The van der Waals surface area contributed by atoms with Gasteiger partial charge in [0.1, 0.15) is 10.7 Å². The van der Waals surface area contributed by atoms with Gasteiger partial charge < -0.3 is 10.1 Å². The molecular weight excluding hydrogens is 305 g/mol. The summed E-state index contributed by atoms with van der Waals surface area (Å²) < 4.78 is 42.2. The van der Waals surface area contributed by atoms with E-state index in [0.717, 1.165) is 37.8 Å². The van der Waals surface area contributed by atoms with Gasteiger partial charge in [0, 0.05) is 18.9 Å². The van der Waals surface area contributed by atoms with Crippen molar-refractivity contribution in [3.05, 3.63) is 29.6 Å². The van der Waals surface area contributed by atoms with Gasteiger partial charge in [-0.15, -0.1) is 0 Å².